The largest absolute Gasteiger partial charge is 0.377 e. The molecule has 1 rings (SSSR count). The Hall–Kier alpha value is -2.04. The molecule has 0 aliphatic carbocycles. The van der Waals surface area contributed by atoms with Crippen LogP contribution < -0.4 is 10.2 Å². The molecule has 0 unspecified atom stereocenters. The third kappa shape index (κ3) is 7.91. The lowest BCUT2D eigenvalue weighted by Gasteiger charge is -2.30. The lowest BCUT2D eigenvalue weighted by Crippen LogP contribution is -2.36. The second kappa shape index (κ2) is 9.94. The molecule has 0 radical (unpaired) electrons. The zero-order chi connectivity index (χ0) is 21.6. The minimum atomic E-state index is -0.0808. The lowest BCUT2D eigenvalue weighted by molar-refractivity contribution is -0.134. The van der Waals surface area contributed by atoms with Crippen LogP contribution in [0.15, 0.2) is 18.2 Å². The van der Waals surface area contributed by atoms with Gasteiger partial charge in [-0.25, -0.2) is 0 Å². The van der Waals surface area contributed by atoms with E-state index in [1.165, 1.54) is 0 Å². The molecule has 0 fully saturated rings. The summed E-state index contributed by atoms with van der Waals surface area (Å²) >= 11 is 0. The smallest absolute Gasteiger partial charge is 0.226 e. The Bertz CT molecular complexity index is 673. The molecule has 158 valence electrons. The van der Waals surface area contributed by atoms with E-state index in [-0.39, 0.29) is 23.1 Å². The van der Waals surface area contributed by atoms with E-state index in [0.717, 1.165) is 16.9 Å². The molecule has 5 nitrogen and oxygen atoms in total. The summed E-state index contributed by atoms with van der Waals surface area (Å²) in [7, 11) is 3.99. The number of rotatable bonds is 8. The molecule has 0 saturated carbocycles. The highest BCUT2D eigenvalue weighted by atomic mass is 16.2. The highest BCUT2D eigenvalue weighted by molar-refractivity contribution is 5.92. The molecule has 0 saturated heterocycles. The first kappa shape index (κ1) is 24.0. The maximum atomic E-state index is 13.0. The summed E-state index contributed by atoms with van der Waals surface area (Å²) in [6.07, 6.45) is 0.515. The van der Waals surface area contributed by atoms with Gasteiger partial charge in [0.15, 0.2) is 0 Å². The summed E-state index contributed by atoms with van der Waals surface area (Å²) in [4.78, 5) is 29.1. The third-order valence-electron chi connectivity index (χ3n) is 4.33. The fourth-order valence-electron chi connectivity index (χ4n) is 2.98. The number of benzene rings is 1. The van der Waals surface area contributed by atoms with E-state index in [1.54, 1.807) is 0 Å². The number of carbonyl (C=O) groups excluding carboxylic acids is 2. The molecule has 0 heterocycles. The first-order valence-corrected chi connectivity index (χ1v) is 10.2. The van der Waals surface area contributed by atoms with Crippen LogP contribution in [0.2, 0.25) is 0 Å². The van der Waals surface area contributed by atoms with Crippen molar-refractivity contribution in [2.45, 2.75) is 61.4 Å². The van der Waals surface area contributed by atoms with E-state index in [9.17, 15) is 9.59 Å². The molecule has 0 bridgehead atoms. The summed E-state index contributed by atoms with van der Waals surface area (Å²) in [5.41, 5.74) is 2.81. The van der Waals surface area contributed by atoms with Crippen LogP contribution in [0.3, 0.4) is 0 Å². The number of nitrogens with one attached hydrogen (secondary N) is 1. The van der Waals surface area contributed by atoms with Gasteiger partial charge in [0.1, 0.15) is 0 Å². The Morgan fingerprint density at radius 3 is 2.14 bits per heavy atom. The Morgan fingerprint density at radius 1 is 1.07 bits per heavy atom. The van der Waals surface area contributed by atoms with E-state index in [0.29, 0.717) is 25.4 Å². The van der Waals surface area contributed by atoms with Crippen LogP contribution in [0.25, 0.3) is 0 Å². The number of hydrogen-bond acceptors (Lipinski definition) is 3. The average molecular weight is 390 g/mol. The van der Waals surface area contributed by atoms with Crippen LogP contribution in [0.1, 0.15) is 60.5 Å². The Balaban J connectivity index is 3.19. The summed E-state index contributed by atoms with van der Waals surface area (Å²) in [5, 5.41) is 2.97. The lowest BCUT2D eigenvalue weighted by atomic mass is 9.91. The van der Waals surface area contributed by atoms with E-state index >= 15 is 0 Å². The topological polar surface area (TPSA) is 52.7 Å². The zero-order valence-corrected chi connectivity index (χ0v) is 19.2. The summed E-state index contributed by atoms with van der Waals surface area (Å²) in [5.74, 6) is 0.465. The van der Waals surface area contributed by atoms with Gasteiger partial charge in [0, 0.05) is 50.9 Å². The minimum absolute atomic E-state index is 0.00796. The molecule has 2 amide bonds. The van der Waals surface area contributed by atoms with E-state index in [2.05, 4.69) is 39.9 Å². The molecule has 28 heavy (non-hydrogen) atoms. The predicted molar refractivity (Wildman–Crippen MR) is 119 cm³/mol. The van der Waals surface area contributed by atoms with Crippen LogP contribution in [-0.4, -0.2) is 37.4 Å². The zero-order valence-electron chi connectivity index (χ0n) is 19.2. The molecule has 0 spiro atoms. The molecule has 0 atom stereocenters. The van der Waals surface area contributed by atoms with Gasteiger partial charge in [-0.15, -0.1) is 0 Å². The van der Waals surface area contributed by atoms with E-state index in [4.69, 9.17) is 0 Å². The molecule has 1 aromatic carbocycles. The summed E-state index contributed by atoms with van der Waals surface area (Å²) < 4.78 is 0. The van der Waals surface area contributed by atoms with Gasteiger partial charge in [0.05, 0.1) is 0 Å². The van der Waals surface area contributed by atoms with Gasteiger partial charge in [-0.05, 0) is 35.1 Å². The minimum Gasteiger partial charge on any atom is -0.377 e. The molecule has 1 aromatic rings. The number of nitrogens with zero attached hydrogens (tertiary/aromatic N) is 2. The molecule has 0 aliphatic heterocycles. The molecule has 1 N–H and O–H groups in total. The van der Waals surface area contributed by atoms with Gasteiger partial charge >= 0.3 is 0 Å². The first-order valence-electron chi connectivity index (χ1n) is 10.2. The molecular formula is C23H39N3O2. The third-order valence-corrected chi connectivity index (χ3v) is 4.33. The Labute approximate surface area is 171 Å². The monoisotopic (exact) mass is 389 g/mol. The maximum Gasteiger partial charge on any atom is 0.226 e. The first-order chi connectivity index (χ1) is 12.8. The van der Waals surface area contributed by atoms with Crippen molar-refractivity contribution >= 4 is 23.2 Å². The fraction of sp³-hybridized carbons (Fsp3) is 0.652. The highest BCUT2D eigenvalue weighted by Gasteiger charge is 2.23. The van der Waals surface area contributed by atoms with Crippen molar-refractivity contribution in [1.82, 2.24) is 4.90 Å². The fourth-order valence-corrected chi connectivity index (χ4v) is 2.98. The van der Waals surface area contributed by atoms with Crippen molar-refractivity contribution in [3.05, 3.63) is 23.8 Å². The normalized spacial score (nSPS) is 11.7. The van der Waals surface area contributed by atoms with Gasteiger partial charge in [0.2, 0.25) is 11.8 Å². The van der Waals surface area contributed by atoms with E-state index < -0.39 is 0 Å². The van der Waals surface area contributed by atoms with Crippen LogP contribution in [0.5, 0.6) is 0 Å². The molecule has 5 heteroatoms. The maximum absolute atomic E-state index is 13.0. The van der Waals surface area contributed by atoms with Crippen LogP contribution in [-0.2, 0) is 16.1 Å². The Kier molecular flexibility index (Phi) is 8.52. The number of amides is 2. The second-order valence-corrected chi connectivity index (χ2v) is 9.79. The van der Waals surface area contributed by atoms with Crippen LogP contribution >= 0.6 is 0 Å². The predicted octanol–water partition coefficient (Wildman–Crippen LogP) is 4.77. The second-order valence-electron chi connectivity index (χ2n) is 9.79. The number of hydrogen-bond donors (Lipinski definition) is 1. The average Bonchev–Trinajstić information content (AvgIpc) is 2.51. The molecular weight excluding hydrogens is 350 g/mol. The van der Waals surface area contributed by atoms with Gasteiger partial charge < -0.3 is 15.1 Å². The molecule has 0 aromatic heterocycles. The molecule has 0 aliphatic rings. The summed E-state index contributed by atoms with van der Waals surface area (Å²) in [6, 6.07) is 5.92. The van der Waals surface area contributed by atoms with Crippen LogP contribution in [0, 0.1) is 17.3 Å². The van der Waals surface area contributed by atoms with Crippen molar-refractivity contribution in [3.63, 3.8) is 0 Å². The standard InChI is InChI=1S/C23H39N3O2/c1-16(2)14-26(21(27)13-23(5,6)7)15-18-12-19(24-22(28)17(3)4)10-11-20(18)25(8)9/h10-12,16-17H,13-15H2,1-9H3,(H,24,28). The highest BCUT2D eigenvalue weighted by Crippen LogP contribution is 2.27. The van der Waals surface area contributed by atoms with E-state index in [1.807, 2.05) is 55.9 Å². The van der Waals surface area contributed by atoms with Gasteiger partial charge in [-0.3, -0.25) is 9.59 Å². The van der Waals surface area contributed by atoms with Gasteiger partial charge in [-0.1, -0.05) is 48.5 Å². The number of carbonyl (C=O) groups is 2. The quantitative estimate of drug-likeness (QED) is 0.697. The van der Waals surface area contributed by atoms with Crippen molar-refractivity contribution < 1.29 is 9.59 Å². The van der Waals surface area contributed by atoms with Crippen LogP contribution in [0.4, 0.5) is 11.4 Å². The van der Waals surface area contributed by atoms with Crippen molar-refractivity contribution in [1.29, 1.82) is 0 Å². The number of anilines is 2. The SMILES string of the molecule is CC(C)CN(Cc1cc(NC(=O)C(C)C)ccc1N(C)C)C(=O)CC(C)(C)C. The Morgan fingerprint density at radius 2 is 1.68 bits per heavy atom. The van der Waals surface area contributed by atoms with Gasteiger partial charge in [-0.2, -0.15) is 0 Å². The van der Waals surface area contributed by atoms with Crippen molar-refractivity contribution in [2.24, 2.45) is 17.3 Å². The summed E-state index contributed by atoms with van der Waals surface area (Å²) in [6.45, 7) is 15.5. The van der Waals surface area contributed by atoms with Gasteiger partial charge in [0.25, 0.3) is 0 Å². The van der Waals surface area contributed by atoms with Crippen molar-refractivity contribution in [2.75, 3.05) is 30.9 Å². The van der Waals surface area contributed by atoms with Crippen molar-refractivity contribution in [3.8, 4) is 0 Å².